The van der Waals surface area contributed by atoms with E-state index in [0.717, 1.165) is 60.8 Å². The van der Waals surface area contributed by atoms with Crippen molar-refractivity contribution in [3.8, 4) is 5.75 Å². The van der Waals surface area contributed by atoms with Gasteiger partial charge in [-0.05, 0) is 43.3 Å². The van der Waals surface area contributed by atoms with Gasteiger partial charge >= 0.3 is 0 Å². The molecule has 1 aliphatic heterocycles. The Morgan fingerprint density at radius 1 is 1.05 bits per heavy atom. The van der Waals surface area contributed by atoms with E-state index in [0.29, 0.717) is 36.1 Å². The second kappa shape index (κ2) is 11.7. The van der Waals surface area contributed by atoms with E-state index in [-0.39, 0.29) is 5.91 Å². The molecule has 6 rings (SSSR count). The number of hydrogen-bond acceptors (Lipinski definition) is 7. The number of nitrogens with zero attached hydrogens (tertiary/aromatic N) is 7. The van der Waals surface area contributed by atoms with E-state index in [1.165, 1.54) is 0 Å². The number of pyridine rings is 2. The summed E-state index contributed by atoms with van der Waals surface area (Å²) in [5, 5.41) is 8.53. The molecule has 41 heavy (non-hydrogen) atoms. The molecule has 1 fully saturated rings. The maximum absolute atomic E-state index is 13.3. The number of anilines is 1. The van der Waals surface area contributed by atoms with Gasteiger partial charge in [-0.15, -0.1) is 0 Å². The monoisotopic (exact) mass is 552 g/mol. The fourth-order valence-corrected chi connectivity index (χ4v) is 5.17. The number of likely N-dealkylation sites (N-methyl/N-ethyl adjacent to an activating group) is 1. The fourth-order valence-electron chi connectivity index (χ4n) is 5.17. The second-order valence-corrected chi connectivity index (χ2v) is 10.9. The van der Waals surface area contributed by atoms with E-state index >= 15 is 0 Å². The minimum absolute atomic E-state index is 0.243. The third kappa shape index (κ3) is 5.94. The summed E-state index contributed by atoms with van der Waals surface area (Å²) in [5.74, 6) is 0.861. The van der Waals surface area contributed by atoms with Gasteiger partial charge in [0.2, 0.25) is 0 Å². The van der Waals surface area contributed by atoms with Crippen LogP contribution < -0.4 is 10.1 Å². The molecule has 1 aromatic carbocycles. The highest BCUT2D eigenvalue weighted by Gasteiger charge is 2.17. The van der Waals surface area contributed by atoms with E-state index in [9.17, 15) is 4.79 Å². The Kier molecular flexibility index (Phi) is 7.67. The van der Waals surface area contributed by atoms with Gasteiger partial charge in [0.05, 0.1) is 35.8 Å². The summed E-state index contributed by atoms with van der Waals surface area (Å²) in [6.45, 7) is 10.6. The lowest BCUT2D eigenvalue weighted by atomic mass is 10.1. The number of ether oxygens (including phenoxy) is 1. The van der Waals surface area contributed by atoms with Crippen LogP contribution in [-0.2, 0) is 6.54 Å². The van der Waals surface area contributed by atoms with Crippen molar-refractivity contribution in [2.45, 2.75) is 26.3 Å². The van der Waals surface area contributed by atoms with Gasteiger partial charge in [0.25, 0.3) is 5.91 Å². The molecule has 0 radical (unpaired) electrons. The molecule has 1 saturated heterocycles. The van der Waals surface area contributed by atoms with Gasteiger partial charge < -0.3 is 15.0 Å². The van der Waals surface area contributed by atoms with Crippen LogP contribution in [0.3, 0.4) is 0 Å². The highest BCUT2D eigenvalue weighted by atomic mass is 16.5. The van der Waals surface area contributed by atoms with E-state index in [1.807, 2.05) is 59.4 Å². The summed E-state index contributed by atoms with van der Waals surface area (Å²) in [5.41, 5.74) is 4.74. The number of hydrogen-bond donors (Lipinski definition) is 1. The number of fused-ring (bicyclic) bond motifs is 2. The molecule has 5 aromatic rings. The van der Waals surface area contributed by atoms with Gasteiger partial charge in [-0.25, -0.2) is 4.98 Å². The Morgan fingerprint density at radius 2 is 1.88 bits per heavy atom. The SMILES string of the molecule is CC(C)c1cccc(Cn2ncc3c(NC(=O)c4cnc5cc(OCCN6CCN(C)CC6)ccn45)cccc32)n1. The number of benzene rings is 1. The Morgan fingerprint density at radius 3 is 2.71 bits per heavy atom. The van der Waals surface area contributed by atoms with Gasteiger partial charge in [0, 0.05) is 56.1 Å². The fraction of sp³-hybridized carbons (Fsp3) is 0.355. The Balaban J connectivity index is 1.13. The van der Waals surface area contributed by atoms with Crippen molar-refractivity contribution in [1.29, 1.82) is 0 Å². The summed E-state index contributed by atoms with van der Waals surface area (Å²) in [6.07, 6.45) is 5.21. The van der Waals surface area contributed by atoms with Crippen LogP contribution in [-0.4, -0.2) is 86.2 Å². The summed E-state index contributed by atoms with van der Waals surface area (Å²) >= 11 is 0. The lowest BCUT2D eigenvalue weighted by molar-refractivity contribution is 0.102. The zero-order valence-electron chi connectivity index (χ0n) is 23.8. The standard InChI is InChI=1S/C31H36N8O2/c1-22(2)26-7-4-6-23(34-26)21-39-28-9-5-8-27(25(28)19-33-39)35-31(40)29-20-32-30-18-24(10-11-38(29)30)41-17-16-37-14-12-36(3)13-15-37/h4-11,18-20,22H,12-17,21H2,1-3H3,(H,35,40). The molecule has 1 N–H and O–H groups in total. The summed E-state index contributed by atoms with van der Waals surface area (Å²) in [6, 6.07) is 15.7. The van der Waals surface area contributed by atoms with Crippen molar-refractivity contribution in [2.75, 3.05) is 51.7 Å². The zero-order chi connectivity index (χ0) is 28.3. The molecule has 0 atom stereocenters. The molecular weight excluding hydrogens is 516 g/mol. The molecule has 0 spiro atoms. The lowest BCUT2D eigenvalue weighted by Gasteiger charge is -2.32. The predicted molar refractivity (Wildman–Crippen MR) is 160 cm³/mol. The van der Waals surface area contributed by atoms with E-state index in [2.05, 4.69) is 46.1 Å². The average Bonchev–Trinajstić information content (AvgIpc) is 3.59. The first kappa shape index (κ1) is 26.9. The molecule has 0 unspecified atom stereocenters. The first-order valence-corrected chi connectivity index (χ1v) is 14.2. The maximum atomic E-state index is 13.3. The van der Waals surface area contributed by atoms with Crippen LogP contribution in [0.5, 0.6) is 5.75 Å². The van der Waals surface area contributed by atoms with Crippen LogP contribution in [0.2, 0.25) is 0 Å². The highest BCUT2D eigenvalue weighted by Crippen LogP contribution is 2.25. The first-order chi connectivity index (χ1) is 19.9. The Bertz CT molecular complexity index is 1670. The van der Waals surface area contributed by atoms with Crippen molar-refractivity contribution in [3.63, 3.8) is 0 Å². The Labute approximate surface area is 239 Å². The first-order valence-electron chi connectivity index (χ1n) is 14.2. The molecule has 0 bridgehead atoms. The van der Waals surface area contributed by atoms with Crippen LogP contribution in [0, 0.1) is 0 Å². The molecule has 212 valence electrons. The molecule has 10 nitrogen and oxygen atoms in total. The number of carbonyl (C=O) groups excluding carboxylic acids is 1. The number of imidazole rings is 1. The second-order valence-electron chi connectivity index (χ2n) is 10.9. The minimum Gasteiger partial charge on any atom is -0.492 e. The van der Waals surface area contributed by atoms with Crippen LogP contribution in [0.1, 0.15) is 41.6 Å². The predicted octanol–water partition coefficient (Wildman–Crippen LogP) is 4.13. The number of piperazine rings is 1. The highest BCUT2D eigenvalue weighted by molar-refractivity contribution is 6.08. The maximum Gasteiger partial charge on any atom is 0.274 e. The molecule has 5 heterocycles. The number of amides is 1. The molecule has 1 amide bonds. The molecule has 4 aromatic heterocycles. The molecule has 0 aliphatic carbocycles. The number of rotatable bonds is 9. The third-order valence-electron chi connectivity index (χ3n) is 7.66. The van der Waals surface area contributed by atoms with Crippen LogP contribution in [0.4, 0.5) is 5.69 Å². The van der Waals surface area contributed by atoms with Gasteiger partial charge in [-0.2, -0.15) is 5.10 Å². The summed E-state index contributed by atoms with van der Waals surface area (Å²) in [7, 11) is 2.16. The number of carbonyl (C=O) groups is 1. The van der Waals surface area contributed by atoms with Gasteiger partial charge in [-0.3, -0.25) is 23.8 Å². The summed E-state index contributed by atoms with van der Waals surface area (Å²) < 4.78 is 9.69. The van der Waals surface area contributed by atoms with Crippen LogP contribution >= 0.6 is 0 Å². The van der Waals surface area contributed by atoms with Crippen molar-refractivity contribution in [3.05, 3.63) is 84.2 Å². The largest absolute Gasteiger partial charge is 0.492 e. The van der Waals surface area contributed by atoms with Gasteiger partial charge in [-0.1, -0.05) is 26.0 Å². The quantitative estimate of drug-likeness (QED) is 0.294. The van der Waals surface area contributed by atoms with Crippen LogP contribution in [0.25, 0.3) is 16.6 Å². The average molecular weight is 553 g/mol. The zero-order valence-corrected chi connectivity index (χ0v) is 23.8. The number of aromatic nitrogens is 5. The van der Waals surface area contributed by atoms with E-state index in [1.54, 1.807) is 16.8 Å². The third-order valence-corrected chi connectivity index (χ3v) is 7.66. The number of nitrogens with one attached hydrogen (secondary N) is 1. The van der Waals surface area contributed by atoms with E-state index in [4.69, 9.17) is 9.72 Å². The van der Waals surface area contributed by atoms with Crippen molar-refractivity contribution < 1.29 is 9.53 Å². The molecule has 0 saturated carbocycles. The minimum atomic E-state index is -0.243. The Hall–Kier alpha value is -4.28. The normalized spacial score (nSPS) is 14.7. The van der Waals surface area contributed by atoms with Crippen molar-refractivity contribution in [2.24, 2.45) is 0 Å². The smallest absolute Gasteiger partial charge is 0.274 e. The molecule has 10 heteroatoms. The van der Waals surface area contributed by atoms with Crippen LogP contribution in [0.15, 0.2) is 67.1 Å². The van der Waals surface area contributed by atoms with E-state index < -0.39 is 0 Å². The lowest BCUT2D eigenvalue weighted by Crippen LogP contribution is -2.45. The topological polar surface area (TPSA) is 92.8 Å². The van der Waals surface area contributed by atoms with Crippen molar-refractivity contribution in [1.82, 2.24) is 33.9 Å². The summed E-state index contributed by atoms with van der Waals surface area (Å²) in [4.78, 5) is 27.3. The molecule has 1 aliphatic rings. The van der Waals surface area contributed by atoms with Crippen molar-refractivity contribution >= 4 is 28.1 Å². The van der Waals surface area contributed by atoms with Gasteiger partial charge in [0.1, 0.15) is 23.7 Å². The van der Waals surface area contributed by atoms with Gasteiger partial charge in [0.15, 0.2) is 0 Å². The molecular formula is C31H36N8O2.